The zero-order valence-corrected chi connectivity index (χ0v) is 7.03. The van der Waals surface area contributed by atoms with Gasteiger partial charge >= 0.3 is 0 Å². The lowest BCUT2D eigenvalue weighted by atomic mass is 10.4. The van der Waals surface area contributed by atoms with Crippen LogP contribution >= 0.6 is 8.96 Å². The molecule has 2 rings (SSSR count). The molecular weight excluding hydrogens is 159 g/mol. The summed E-state index contributed by atoms with van der Waals surface area (Å²) in [6, 6.07) is 5.91. The van der Waals surface area contributed by atoms with Crippen LogP contribution in [0.5, 0.6) is 0 Å². The predicted molar refractivity (Wildman–Crippen MR) is 45.9 cm³/mol. The zero-order chi connectivity index (χ0) is 7.52. The van der Waals surface area contributed by atoms with Crippen molar-refractivity contribution in [3.8, 4) is 0 Å². The van der Waals surface area contributed by atoms with Crippen molar-refractivity contribution in [2.75, 3.05) is 17.8 Å². The molecule has 1 aliphatic rings. The summed E-state index contributed by atoms with van der Waals surface area (Å²) in [6.45, 7) is 1.80. The van der Waals surface area contributed by atoms with Gasteiger partial charge in [-0.1, -0.05) is 6.07 Å². The molecule has 0 aromatic carbocycles. The summed E-state index contributed by atoms with van der Waals surface area (Å²) in [4.78, 5) is 4.21. The van der Waals surface area contributed by atoms with E-state index in [2.05, 4.69) is 9.65 Å². The molecule has 0 radical (unpaired) electrons. The van der Waals surface area contributed by atoms with E-state index < -0.39 is 0 Å². The van der Waals surface area contributed by atoms with Crippen molar-refractivity contribution in [1.29, 1.82) is 0 Å². The van der Waals surface area contributed by atoms with Gasteiger partial charge in [0.25, 0.3) is 0 Å². The highest BCUT2D eigenvalue weighted by Crippen LogP contribution is 2.30. The summed E-state index contributed by atoms with van der Waals surface area (Å²) < 4.78 is 7.36. The highest BCUT2D eigenvalue weighted by Gasteiger charge is 2.12. The minimum atomic E-state index is 0.448. The first-order valence-corrected chi connectivity index (χ1v) is 4.38. The molecule has 2 heterocycles. The third-order valence-electron chi connectivity index (χ3n) is 1.52. The monoisotopic (exact) mass is 168 g/mol. The Hall–Kier alpha value is -0.660. The molecule has 0 spiro atoms. The number of pyridine rings is 1. The lowest BCUT2D eigenvalue weighted by molar-refractivity contribution is 0.408. The second-order valence-corrected chi connectivity index (χ2v) is 3.29. The van der Waals surface area contributed by atoms with Gasteiger partial charge < -0.3 is 9.19 Å². The number of hydrogen-bond acceptors (Lipinski definition) is 3. The van der Waals surface area contributed by atoms with Crippen LogP contribution in [0, 0.1) is 0 Å². The van der Waals surface area contributed by atoms with Crippen molar-refractivity contribution in [3.63, 3.8) is 0 Å². The average Bonchev–Trinajstić information content (AvgIpc) is 2.58. The van der Waals surface area contributed by atoms with Crippen molar-refractivity contribution in [3.05, 3.63) is 24.4 Å². The molecular formula is C7H9N2OP. The molecule has 0 amide bonds. The van der Waals surface area contributed by atoms with Crippen molar-refractivity contribution in [2.24, 2.45) is 0 Å². The molecule has 3 nitrogen and oxygen atoms in total. The van der Waals surface area contributed by atoms with Crippen molar-refractivity contribution in [2.45, 2.75) is 0 Å². The molecule has 1 atom stereocenters. The third-order valence-corrected chi connectivity index (χ3v) is 2.52. The van der Waals surface area contributed by atoms with Gasteiger partial charge in [0, 0.05) is 12.7 Å². The maximum absolute atomic E-state index is 5.23. The fourth-order valence-corrected chi connectivity index (χ4v) is 1.73. The molecule has 4 heteroatoms. The molecule has 0 aliphatic carbocycles. The van der Waals surface area contributed by atoms with Crippen LogP contribution < -0.4 is 4.67 Å². The molecule has 1 saturated heterocycles. The Labute approximate surface area is 67.3 Å². The highest BCUT2D eigenvalue weighted by molar-refractivity contribution is 7.34. The second-order valence-electron chi connectivity index (χ2n) is 2.28. The van der Waals surface area contributed by atoms with E-state index in [0.717, 1.165) is 19.0 Å². The maximum atomic E-state index is 5.23. The number of hydrogen-bond donors (Lipinski definition) is 0. The van der Waals surface area contributed by atoms with Gasteiger partial charge in [0.15, 0.2) is 0 Å². The SMILES string of the molecule is c1ccc(N2CCOP2)nc1. The van der Waals surface area contributed by atoms with E-state index in [0.29, 0.717) is 8.96 Å². The topological polar surface area (TPSA) is 25.4 Å². The molecule has 1 fully saturated rings. The largest absolute Gasteiger partial charge is 0.339 e. The number of aromatic nitrogens is 1. The predicted octanol–water partition coefficient (Wildman–Crippen LogP) is 1.43. The van der Waals surface area contributed by atoms with E-state index in [1.807, 2.05) is 18.2 Å². The smallest absolute Gasteiger partial charge is 0.133 e. The Balaban J connectivity index is 2.16. The summed E-state index contributed by atoms with van der Waals surface area (Å²) in [5.74, 6) is 1.02. The van der Waals surface area contributed by atoms with Crippen LogP contribution in [0.2, 0.25) is 0 Å². The quantitative estimate of drug-likeness (QED) is 0.593. The standard InChI is InChI=1S/C7H9N2OP/c1-2-4-8-7(3-1)9-5-6-10-11-9/h1-4,11H,5-6H2. The van der Waals surface area contributed by atoms with Gasteiger partial charge in [-0.15, -0.1) is 0 Å². The van der Waals surface area contributed by atoms with Gasteiger partial charge in [-0.2, -0.15) is 0 Å². The van der Waals surface area contributed by atoms with E-state index in [9.17, 15) is 0 Å². The van der Waals surface area contributed by atoms with Crippen LogP contribution in [0.15, 0.2) is 24.4 Å². The number of anilines is 1. The fourth-order valence-electron chi connectivity index (χ4n) is 0.981. The van der Waals surface area contributed by atoms with Crippen LogP contribution in [0.25, 0.3) is 0 Å². The number of nitrogens with zero attached hydrogens (tertiary/aromatic N) is 2. The van der Waals surface area contributed by atoms with E-state index in [-0.39, 0.29) is 0 Å². The Morgan fingerprint density at radius 3 is 3.18 bits per heavy atom. The second kappa shape index (κ2) is 3.16. The van der Waals surface area contributed by atoms with Crippen molar-refractivity contribution < 1.29 is 4.52 Å². The Morgan fingerprint density at radius 2 is 2.55 bits per heavy atom. The normalized spacial score (nSPS) is 19.5. The van der Waals surface area contributed by atoms with Crippen molar-refractivity contribution in [1.82, 2.24) is 4.98 Å². The fraction of sp³-hybridized carbons (Fsp3) is 0.286. The highest BCUT2D eigenvalue weighted by atomic mass is 31.1. The first kappa shape index (κ1) is 7.01. The summed E-state index contributed by atoms with van der Waals surface area (Å²) in [6.07, 6.45) is 1.80. The van der Waals surface area contributed by atoms with Crippen LogP contribution in [0.3, 0.4) is 0 Å². The molecule has 1 aromatic rings. The van der Waals surface area contributed by atoms with Gasteiger partial charge in [-0.25, -0.2) is 4.98 Å². The molecule has 58 valence electrons. The molecule has 0 saturated carbocycles. The molecule has 1 aromatic heterocycles. The first-order valence-electron chi connectivity index (χ1n) is 3.53. The van der Waals surface area contributed by atoms with E-state index in [1.165, 1.54) is 0 Å². The molecule has 0 N–H and O–H groups in total. The van der Waals surface area contributed by atoms with Gasteiger partial charge in [-0.3, -0.25) is 0 Å². The lowest BCUT2D eigenvalue weighted by Crippen LogP contribution is -2.10. The number of rotatable bonds is 1. The van der Waals surface area contributed by atoms with Gasteiger partial charge in [0.05, 0.1) is 6.61 Å². The van der Waals surface area contributed by atoms with Crippen LogP contribution in [-0.2, 0) is 4.52 Å². The van der Waals surface area contributed by atoms with Crippen LogP contribution in [-0.4, -0.2) is 18.1 Å². The summed E-state index contributed by atoms with van der Waals surface area (Å²) >= 11 is 0. The minimum Gasteiger partial charge on any atom is -0.339 e. The average molecular weight is 168 g/mol. The lowest BCUT2D eigenvalue weighted by Gasteiger charge is -2.12. The molecule has 11 heavy (non-hydrogen) atoms. The summed E-state index contributed by atoms with van der Waals surface area (Å²) in [7, 11) is 0.448. The van der Waals surface area contributed by atoms with Crippen LogP contribution in [0.4, 0.5) is 5.82 Å². The molecule has 1 unspecified atom stereocenters. The van der Waals surface area contributed by atoms with E-state index in [4.69, 9.17) is 4.52 Å². The van der Waals surface area contributed by atoms with Gasteiger partial charge in [0.1, 0.15) is 14.8 Å². The Morgan fingerprint density at radius 1 is 1.55 bits per heavy atom. The van der Waals surface area contributed by atoms with E-state index in [1.54, 1.807) is 6.20 Å². The van der Waals surface area contributed by atoms with Crippen molar-refractivity contribution >= 4 is 14.8 Å². The summed E-state index contributed by atoms with van der Waals surface area (Å²) in [5.41, 5.74) is 0. The molecule has 1 aliphatic heterocycles. The van der Waals surface area contributed by atoms with Gasteiger partial charge in [-0.05, 0) is 12.1 Å². The summed E-state index contributed by atoms with van der Waals surface area (Å²) in [5, 5.41) is 0. The Kier molecular flexibility index (Phi) is 2.01. The molecule has 0 bridgehead atoms. The van der Waals surface area contributed by atoms with Crippen LogP contribution in [0.1, 0.15) is 0 Å². The minimum absolute atomic E-state index is 0.448. The van der Waals surface area contributed by atoms with Gasteiger partial charge in [0.2, 0.25) is 0 Å². The maximum Gasteiger partial charge on any atom is 0.133 e. The third kappa shape index (κ3) is 1.50. The Bertz CT molecular complexity index is 223. The van der Waals surface area contributed by atoms with E-state index >= 15 is 0 Å². The zero-order valence-electron chi connectivity index (χ0n) is 6.03. The first-order chi connectivity index (χ1) is 5.47.